The van der Waals surface area contributed by atoms with Gasteiger partial charge in [-0.2, -0.15) is 11.8 Å². The largest absolute Gasteiger partial charge is 0.362 e. The number of anilines is 1. The second-order valence-electron chi connectivity index (χ2n) is 5.01. The van der Waals surface area contributed by atoms with Crippen LogP contribution in [0.3, 0.4) is 0 Å². The first-order chi connectivity index (χ1) is 10.1. The van der Waals surface area contributed by atoms with Crippen LogP contribution in [-0.4, -0.2) is 54.0 Å². The molecular weight excluding hydrogens is 326 g/mol. The van der Waals surface area contributed by atoms with Crippen molar-refractivity contribution in [2.24, 2.45) is 0 Å². The minimum Gasteiger partial charge on any atom is -0.362 e. The summed E-state index contributed by atoms with van der Waals surface area (Å²) in [5.74, 6) is 1.88. The van der Waals surface area contributed by atoms with E-state index >= 15 is 0 Å². The number of hydrogen-bond acceptors (Lipinski definition) is 7. The Morgan fingerprint density at radius 1 is 1.48 bits per heavy atom. The predicted octanol–water partition coefficient (Wildman–Crippen LogP) is 2.27. The van der Waals surface area contributed by atoms with Crippen molar-refractivity contribution in [1.29, 1.82) is 0 Å². The van der Waals surface area contributed by atoms with Gasteiger partial charge in [0.05, 0.1) is 0 Å². The van der Waals surface area contributed by atoms with Crippen molar-refractivity contribution in [2.75, 3.05) is 35.7 Å². The molecular formula is C13H23N3O2S3. The van der Waals surface area contributed by atoms with Crippen LogP contribution >= 0.6 is 23.1 Å². The van der Waals surface area contributed by atoms with E-state index in [1.807, 2.05) is 6.20 Å². The molecule has 0 aliphatic carbocycles. The van der Waals surface area contributed by atoms with E-state index in [4.69, 9.17) is 0 Å². The maximum absolute atomic E-state index is 12.2. The molecule has 0 amide bonds. The van der Waals surface area contributed by atoms with Crippen LogP contribution in [0.25, 0.3) is 0 Å². The summed E-state index contributed by atoms with van der Waals surface area (Å²) < 4.78 is 24.4. The van der Waals surface area contributed by atoms with E-state index < -0.39 is 9.84 Å². The van der Waals surface area contributed by atoms with E-state index in [0.717, 1.165) is 35.3 Å². The number of rotatable bonds is 7. The number of nitrogens with one attached hydrogen (secondary N) is 1. The highest BCUT2D eigenvalue weighted by atomic mass is 32.2. The summed E-state index contributed by atoms with van der Waals surface area (Å²) in [6.45, 7) is 6.26. The molecule has 0 radical (unpaired) electrons. The molecule has 8 heteroatoms. The smallest absolute Gasteiger partial charge is 0.182 e. The topological polar surface area (TPSA) is 62.3 Å². The monoisotopic (exact) mass is 349 g/mol. The molecule has 2 heterocycles. The van der Waals surface area contributed by atoms with Gasteiger partial charge in [-0.1, -0.05) is 13.8 Å². The van der Waals surface area contributed by atoms with Crippen LogP contribution in [-0.2, 0) is 16.4 Å². The Balaban J connectivity index is 2.03. The molecule has 0 bridgehead atoms. The third kappa shape index (κ3) is 4.58. The van der Waals surface area contributed by atoms with Crippen LogP contribution in [0.2, 0.25) is 0 Å². The van der Waals surface area contributed by atoms with Gasteiger partial charge in [-0.15, -0.1) is 11.3 Å². The zero-order valence-corrected chi connectivity index (χ0v) is 15.0. The van der Waals surface area contributed by atoms with E-state index in [2.05, 4.69) is 22.1 Å². The Hall–Kier alpha value is -0.310. The Labute approximate surface area is 135 Å². The molecule has 1 fully saturated rings. The van der Waals surface area contributed by atoms with Gasteiger partial charge in [0.25, 0.3) is 0 Å². The minimum absolute atomic E-state index is 0.209. The first kappa shape index (κ1) is 17.1. The first-order valence-corrected chi connectivity index (χ1v) is 11.0. The summed E-state index contributed by atoms with van der Waals surface area (Å²) in [4.78, 5) is 7.56. The molecule has 120 valence electrons. The van der Waals surface area contributed by atoms with E-state index in [0.29, 0.717) is 12.3 Å². The molecule has 1 N–H and O–H groups in total. The van der Waals surface area contributed by atoms with Gasteiger partial charge in [0.1, 0.15) is 5.37 Å². The number of hydrogen-bond donors (Lipinski definition) is 1. The van der Waals surface area contributed by atoms with Gasteiger partial charge in [0.2, 0.25) is 0 Å². The fourth-order valence-electron chi connectivity index (χ4n) is 2.21. The van der Waals surface area contributed by atoms with Gasteiger partial charge < -0.3 is 5.32 Å². The maximum Gasteiger partial charge on any atom is 0.182 e. The molecule has 2 rings (SSSR count). The highest BCUT2D eigenvalue weighted by Crippen LogP contribution is 2.26. The molecule has 1 unspecified atom stereocenters. The normalized spacial score (nSPS) is 20.6. The summed E-state index contributed by atoms with van der Waals surface area (Å²) >= 11 is 3.35. The molecule has 1 aromatic rings. The average Bonchev–Trinajstić information content (AvgIpc) is 2.93. The van der Waals surface area contributed by atoms with Gasteiger partial charge in [-0.3, -0.25) is 4.90 Å². The van der Waals surface area contributed by atoms with E-state index in [1.165, 1.54) is 0 Å². The Morgan fingerprint density at radius 2 is 2.29 bits per heavy atom. The Morgan fingerprint density at radius 3 is 3.00 bits per heavy atom. The first-order valence-electron chi connectivity index (χ1n) is 7.28. The van der Waals surface area contributed by atoms with Crippen LogP contribution in [0.1, 0.15) is 25.1 Å². The summed E-state index contributed by atoms with van der Waals surface area (Å²) in [5, 5.41) is 3.84. The molecule has 1 aliphatic rings. The lowest BCUT2D eigenvalue weighted by Crippen LogP contribution is -2.47. The molecule has 1 aliphatic heterocycles. The highest BCUT2D eigenvalue weighted by Gasteiger charge is 2.32. The van der Waals surface area contributed by atoms with Crippen molar-refractivity contribution in [3.8, 4) is 0 Å². The SMILES string of the molecule is CCCNc1ncc(CN2CCSCC2S(=O)(=O)CC)s1. The summed E-state index contributed by atoms with van der Waals surface area (Å²) in [6, 6.07) is 0. The van der Waals surface area contributed by atoms with Crippen LogP contribution in [0.5, 0.6) is 0 Å². The fourth-order valence-corrected chi connectivity index (χ4v) is 6.16. The van der Waals surface area contributed by atoms with E-state index in [1.54, 1.807) is 30.0 Å². The molecule has 0 spiro atoms. The third-order valence-electron chi connectivity index (χ3n) is 3.45. The van der Waals surface area contributed by atoms with E-state index in [9.17, 15) is 8.42 Å². The van der Waals surface area contributed by atoms with Gasteiger partial charge in [0.15, 0.2) is 15.0 Å². The van der Waals surface area contributed by atoms with Gasteiger partial charge in [0, 0.05) is 48.0 Å². The van der Waals surface area contributed by atoms with E-state index in [-0.39, 0.29) is 11.1 Å². The molecule has 1 saturated heterocycles. The summed E-state index contributed by atoms with van der Waals surface area (Å²) in [6.07, 6.45) is 2.93. The molecule has 1 atom stereocenters. The standard InChI is InChI=1S/C13H23N3O2S3/c1-3-5-14-13-15-8-11(20-13)9-16-6-7-19-10-12(16)21(17,18)4-2/h8,12H,3-7,9-10H2,1-2H3,(H,14,15). The van der Waals surface area contributed by atoms with Crippen LogP contribution in [0.15, 0.2) is 6.20 Å². The van der Waals surface area contributed by atoms with Crippen LogP contribution in [0, 0.1) is 0 Å². The summed E-state index contributed by atoms with van der Waals surface area (Å²) in [7, 11) is -3.02. The van der Waals surface area contributed by atoms with Crippen molar-refractivity contribution in [3.63, 3.8) is 0 Å². The van der Waals surface area contributed by atoms with Crippen molar-refractivity contribution < 1.29 is 8.42 Å². The lowest BCUT2D eigenvalue weighted by atomic mass is 10.4. The predicted molar refractivity (Wildman–Crippen MR) is 91.9 cm³/mol. The maximum atomic E-state index is 12.2. The second kappa shape index (κ2) is 7.80. The number of sulfone groups is 1. The van der Waals surface area contributed by atoms with Gasteiger partial charge in [-0.25, -0.2) is 13.4 Å². The lowest BCUT2D eigenvalue weighted by molar-refractivity contribution is 0.264. The molecule has 0 saturated carbocycles. The molecule has 1 aromatic heterocycles. The number of thioether (sulfide) groups is 1. The minimum atomic E-state index is -3.02. The van der Waals surface area contributed by atoms with Crippen LogP contribution < -0.4 is 5.32 Å². The zero-order valence-electron chi connectivity index (χ0n) is 12.5. The quantitative estimate of drug-likeness (QED) is 0.815. The summed E-state index contributed by atoms with van der Waals surface area (Å²) in [5.41, 5.74) is 0. The van der Waals surface area contributed by atoms with Crippen molar-refractivity contribution >= 4 is 38.1 Å². The molecule has 0 aromatic carbocycles. The Bertz CT molecular complexity index is 545. The number of nitrogens with zero attached hydrogens (tertiary/aromatic N) is 2. The number of aromatic nitrogens is 1. The molecule has 21 heavy (non-hydrogen) atoms. The van der Waals surface area contributed by atoms with Gasteiger partial charge in [-0.05, 0) is 6.42 Å². The van der Waals surface area contributed by atoms with Gasteiger partial charge >= 0.3 is 0 Å². The lowest BCUT2D eigenvalue weighted by Gasteiger charge is -2.34. The van der Waals surface area contributed by atoms with Crippen molar-refractivity contribution in [1.82, 2.24) is 9.88 Å². The molecule has 5 nitrogen and oxygen atoms in total. The fraction of sp³-hybridized carbons (Fsp3) is 0.769. The number of thiazole rings is 1. The van der Waals surface area contributed by atoms with Crippen molar-refractivity contribution in [2.45, 2.75) is 32.2 Å². The zero-order chi connectivity index (χ0) is 15.3. The van der Waals surface area contributed by atoms with Crippen LogP contribution in [0.4, 0.5) is 5.13 Å². The highest BCUT2D eigenvalue weighted by molar-refractivity contribution is 8.01. The third-order valence-corrected chi connectivity index (χ3v) is 7.72. The Kier molecular flexibility index (Phi) is 6.34. The average molecular weight is 350 g/mol. The second-order valence-corrected chi connectivity index (χ2v) is 9.72. The van der Waals surface area contributed by atoms with Crippen molar-refractivity contribution in [3.05, 3.63) is 11.1 Å².